The quantitative estimate of drug-likeness (QED) is 0.677. The molecular formula is C20H27N5O4. The minimum Gasteiger partial charge on any atom is -0.395 e. The van der Waals surface area contributed by atoms with Gasteiger partial charge in [-0.15, -0.1) is 0 Å². The lowest BCUT2D eigenvalue weighted by atomic mass is 9.88. The highest BCUT2D eigenvalue weighted by Gasteiger charge is 2.33. The van der Waals surface area contributed by atoms with Crippen LogP contribution >= 0.6 is 0 Å². The zero-order chi connectivity index (χ0) is 21.2. The Hall–Kier alpha value is -2.70. The van der Waals surface area contributed by atoms with E-state index in [1.165, 1.54) is 4.90 Å². The normalized spacial score (nSPS) is 18.0. The Kier molecular flexibility index (Phi) is 6.05. The van der Waals surface area contributed by atoms with E-state index < -0.39 is 11.8 Å². The van der Waals surface area contributed by atoms with Crippen LogP contribution in [0.2, 0.25) is 0 Å². The number of aliphatic hydroxyl groups is 1. The molecule has 1 aromatic rings. The monoisotopic (exact) mass is 401 g/mol. The predicted octanol–water partition coefficient (Wildman–Crippen LogP) is -0.130. The fraction of sp³-hybridized carbons (Fsp3) is 0.600. The lowest BCUT2D eigenvalue weighted by Gasteiger charge is -2.37. The van der Waals surface area contributed by atoms with Crippen molar-refractivity contribution in [1.29, 1.82) is 5.26 Å². The Morgan fingerprint density at radius 1 is 1.28 bits per heavy atom. The number of amides is 2. The van der Waals surface area contributed by atoms with Crippen molar-refractivity contribution in [3.63, 3.8) is 0 Å². The number of nitriles is 1. The number of piperazine rings is 1. The molecule has 0 radical (unpaired) electrons. The maximum Gasteiger partial charge on any atom is 0.312 e. The Bertz CT molecular complexity index is 853. The van der Waals surface area contributed by atoms with Gasteiger partial charge < -0.3 is 25.0 Å². The number of hydrogen-bond donors (Lipinski definition) is 2. The van der Waals surface area contributed by atoms with Crippen LogP contribution < -0.4 is 10.2 Å². The predicted molar refractivity (Wildman–Crippen MR) is 105 cm³/mol. The molecular weight excluding hydrogens is 374 g/mol. The van der Waals surface area contributed by atoms with Gasteiger partial charge >= 0.3 is 11.8 Å². The number of pyridine rings is 1. The third kappa shape index (κ3) is 4.33. The van der Waals surface area contributed by atoms with E-state index in [2.05, 4.69) is 16.4 Å². The molecule has 3 heterocycles. The molecule has 1 saturated heterocycles. The van der Waals surface area contributed by atoms with E-state index in [4.69, 9.17) is 9.84 Å². The zero-order valence-corrected chi connectivity index (χ0v) is 17.1. The maximum atomic E-state index is 12.2. The number of carbonyl (C=O) groups is 2. The second-order valence-electron chi connectivity index (χ2n) is 7.95. The van der Waals surface area contributed by atoms with Crippen molar-refractivity contribution in [1.82, 2.24) is 15.2 Å². The third-order valence-corrected chi connectivity index (χ3v) is 5.38. The van der Waals surface area contributed by atoms with Crippen LogP contribution in [-0.4, -0.2) is 71.7 Å². The van der Waals surface area contributed by atoms with Gasteiger partial charge in [0.15, 0.2) is 0 Å². The highest BCUT2D eigenvalue weighted by molar-refractivity contribution is 6.35. The second kappa shape index (κ2) is 8.35. The summed E-state index contributed by atoms with van der Waals surface area (Å²) in [7, 11) is 0. The number of fused-ring (bicyclic) bond motifs is 1. The largest absolute Gasteiger partial charge is 0.395 e. The number of nitrogens with zero attached hydrogens (tertiary/aromatic N) is 4. The van der Waals surface area contributed by atoms with E-state index in [0.29, 0.717) is 50.6 Å². The molecule has 0 bridgehead atoms. The topological polar surface area (TPSA) is 119 Å². The summed E-state index contributed by atoms with van der Waals surface area (Å²) in [5, 5.41) is 21.0. The molecule has 0 unspecified atom stereocenters. The lowest BCUT2D eigenvalue weighted by Crippen LogP contribution is -2.53. The van der Waals surface area contributed by atoms with Crippen molar-refractivity contribution in [2.24, 2.45) is 0 Å². The molecule has 1 aromatic heterocycles. The zero-order valence-electron chi connectivity index (χ0n) is 17.1. The first-order valence-corrected chi connectivity index (χ1v) is 9.76. The van der Waals surface area contributed by atoms with Gasteiger partial charge in [-0.3, -0.25) is 9.59 Å². The average Bonchev–Trinajstić information content (AvgIpc) is 2.70. The van der Waals surface area contributed by atoms with Gasteiger partial charge in [-0.25, -0.2) is 4.98 Å². The van der Waals surface area contributed by atoms with Crippen LogP contribution in [0.25, 0.3) is 0 Å². The molecule has 0 aliphatic carbocycles. The highest BCUT2D eigenvalue weighted by atomic mass is 16.5. The molecule has 0 aromatic carbocycles. The highest BCUT2D eigenvalue weighted by Crippen LogP contribution is 2.35. The van der Waals surface area contributed by atoms with Gasteiger partial charge in [-0.1, -0.05) is 0 Å². The molecule has 2 amide bonds. The Labute approximate surface area is 170 Å². The van der Waals surface area contributed by atoms with Crippen LogP contribution in [0, 0.1) is 18.3 Å². The Morgan fingerprint density at radius 2 is 1.97 bits per heavy atom. The molecule has 1 fully saturated rings. The first-order valence-electron chi connectivity index (χ1n) is 9.76. The van der Waals surface area contributed by atoms with Gasteiger partial charge in [0, 0.05) is 50.4 Å². The summed E-state index contributed by atoms with van der Waals surface area (Å²) in [6.45, 7) is 7.93. The smallest absolute Gasteiger partial charge is 0.312 e. The summed E-state index contributed by atoms with van der Waals surface area (Å²) >= 11 is 0. The minimum atomic E-state index is -0.713. The number of nitrogens with one attached hydrogen (secondary N) is 1. The summed E-state index contributed by atoms with van der Waals surface area (Å²) < 4.78 is 5.89. The summed E-state index contributed by atoms with van der Waals surface area (Å²) in [5.74, 6) is -0.680. The number of ether oxygens (including phenoxy) is 1. The molecule has 0 saturated carbocycles. The number of rotatable bonds is 3. The van der Waals surface area contributed by atoms with E-state index in [9.17, 15) is 14.9 Å². The standard InChI is InChI=1S/C20H27N5O4/c1-13-16-12-29-20(2,3)10-14(16)15(11-21)17(23-13)24-5-7-25(8-6-24)19(28)18(27)22-4-9-26/h26H,4-10,12H2,1-3H3,(H,22,27). The van der Waals surface area contributed by atoms with Crippen molar-refractivity contribution in [3.8, 4) is 6.07 Å². The summed E-state index contributed by atoms with van der Waals surface area (Å²) in [6, 6.07) is 2.33. The van der Waals surface area contributed by atoms with Gasteiger partial charge in [0.05, 0.1) is 24.4 Å². The van der Waals surface area contributed by atoms with Gasteiger partial charge in [-0.2, -0.15) is 5.26 Å². The number of aliphatic hydroxyl groups excluding tert-OH is 1. The summed E-state index contributed by atoms with van der Waals surface area (Å²) in [6.07, 6.45) is 0.644. The number of anilines is 1. The SMILES string of the molecule is Cc1nc(N2CCN(C(=O)C(=O)NCCO)CC2)c(C#N)c2c1COC(C)(C)C2. The Balaban J connectivity index is 1.78. The van der Waals surface area contributed by atoms with Gasteiger partial charge in [0.2, 0.25) is 0 Å². The van der Waals surface area contributed by atoms with Crippen LogP contribution in [0.3, 0.4) is 0 Å². The number of hydrogen-bond acceptors (Lipinski definition) is 7. The van der Waals surface area contributed by atoms with E-state index in [1.54, 1.807) is 0 Å². The van der Waals surface area contributed by atoms with Crippen LogP contribution in [0.1, 0.15) is 36.2 Å². The molecule has 9 heteroatoms. The van der Waals surface area contributed by atoms with E-state index >= 15 is 0 Å². The van der Waals surface area contributed by atoms with Crippen molar-refractivity contribution < 1.29 is 19.4 Å². The van der Waals surface area contributed by atoms with Gasteiger partial charge in [0.25, 0.3) is 0 Å². The van der Waals surface area contributed by atoms with Crippen LogP contribution in [0.15, 0.2) is 0 Å². The molecule has 0 spiro atoms. The lowest BCUT2D eigenvalue weighted by molar-refractivity contribution is -0.146. The number of aromatic nitrogens is 1. The van der Waals surface area contributed by atoms with Crippen molar-refractivity contribution in [2.75, 3.05) is 44.2 Å². The molecule has 2 aliphatic rings. The maximum absolute atomic E-state index is 12.2. The molecule has 29 heavy (non-hydrogen) atoms. The van der Waals surface area contributed by atoms with Crippen molar-refractivity contribution in [3.05, 3.63) is 22.4 Å². The number of carbonyl (C=O) groups excluding carboxylic acids is 2. The molecule has 2 aliphatic heterocycles. The summed E-state index contributed by atoms with van der Waals surface area (Å²) in [4.78, 5) is 32.2. The number of aryl methyl sites for hydroxylation is 1. The van der Waals surface area contributed by atoms with Crippen LogP contribution in [-0.2, 0) is 27.4 Å². The molecule has 3 rings (SSSR count). The van der Waals surface area contributed by atoms with Gasteiger partial charge in [0.1, 0.15) is 11.9 Å². The molecule has 2 N–H and O–H groups in total. The van der Waals surface area contributed by atoms with Crippen molar-refractivity contribution in [2.45, 2.75) is 39.4 Å². The molecule has 0 atom stereocenters. The average molecular weight is 401 g/mol. The van der Waals surface area contributed by atoms with Gasteiger partial charge in [-0.05, 0) is 26.3 Å². The fourth-order valence-corrected chi connectivity index (χ4v) is 3.77. The minimum absolute atomic E-state index is 0.0501. The van der Waals surface area contributed by atoms with Crippen LogP contribution in [0.4, 0.5) is 5.82 Å². The van der Waals surface area contributed by atoms with Crippen LogP contribution in [0.5, 0.6) is 0 Å². The molecule has 156 valence electrons. The summed E-state index contributed by atoms with van der Waals surface area (Å²) in [5.41, 5.74) is 3.07. The van der Waals surface area contributed by atoms with E-state index in [-0.39, 0.29) is 18.8 Å². The third-order valence-electron chi connectivity index (χ3n) is 5.38. The van der Waals surface area contributed by atoms with Crippen molar-refractivity contribution >= 4 is 17.6 Å². The first kappa shape index (κ1) is 21.0. The molecule has 9 nitrogen and oxygen atoms in total. The van der Waals surface area contributed by atoms with E-state index in [0.717, 1.165) is 16.8 Å². The first-order chi connectivity index (χ1) is 13.8. The van der Waals surface area contributed by atoms with E-state index in [1.807, 2.05) is 25.7 Å². The Morgan fingerprint density at radius 3 is 2.59 bits per heavy atom. The second-order valence-corrected chi connectivity index (χ2v) is 7.95. The fourth-order valence-electron chi connectivity index (χ4n) is 3.77.